The summed E-state index contributed by atoms with van der Waals surface area (Å²) < 4.78 is 4.90. The molecular formula is C18H31ClO2. The molecule has 0 aliphatic heterocycles. The summed E-state index contributed by atoms with van der Waals surface area (Å²) in [5, 5.41) is 0. The van der Waals surface area contributed by atoms with E-state index in [0.29, 0.717) is 12.5 Å². The van der Waals surface area contributed by atoms with Crippen molar-refractivity contribution >= 4 is 17.6 Å². The van der Waals surface area contributed by atoms with Gasteiger partial charge < -0.3 is 4.74 Å². The average Bonchev–Trinajstić information content (AvgIpc) is 2.25. The number of esters is 1. The van der Waals surface area contributed by atoms with Gasteiger partial charge in [0, 0.05) is 11.0 Å². The Morgan fingerprint density at radius 3 is 2.43 bits per heavy atom. The van der Waals surface area contributed by atoms with E-state index in [-0.39, 0.29) is 10.8 Å². The van der Waals surface area contributed by atoms with Crippen LogP contribution in [-0.2, 0) is 9.53 Å². The first-order valence-corrected chi connectivity index (χ1v) is 8.23. The van der Waals surface area contributed by atoms with E-state index in [0.717, 1.165) is 24.8 Å². The second-order valence-electron chi connectivity index (χ2n) is 6.55. The van der Waals surface area contributed by atoms with Crippen LogP contribution in [0, 0.1) is 5.92 Å². The first-order valence-electron chi connectivity index (χ1n) is 7.85. The lowest BCUT2D eigenvalue weighted by Gasteiger charge is -2.17. The number of hydrogen-bond acceptors (Lipinski definition) is 2. The normalized spacial score (nSPS) is 15.0. The van der Waals surface area contributed by atoms with E-state index in [1.54, 1.807) is 6.08 Å². The predicted molar refractivity (Wildman–Crippen MR) is 91.7 cm³/mol. The maximum absolute atomic E-state index is 11.4. The zero-order valence-electron chi connectivity index (χ0n) is 14.5. The van der Waals surface area contributed by atoms with Gasteiger partial charge in [-0.25, -0.2) is 4.79 Å². The van der Waals surface area contributed by atoms with Crippen molar-refractivity contribution < 1.29 is 9.53 Å². The molecule has 0 bridgehead atoms. The molecule has 3 heteroatoms. The van der Waals surface area contributed by atoms with Gasteiger partial charge >= 0.3 is 5.97 Å². The van der Waals surface area contributed by atoms with Crippen molar-refractivity contribution in [3.8, 4) is 0 Å². The lowest BCUT2D eigenvalue weighted by molar-refractivity contribution is -0.137. The van der Waals surface area contributed by atoms with Crippen molar-refractivity contribution in [2.75, 3.05) is 6.61 Å². The highest BCUT2D eigenvalue weighted by atomic mass is 35.5. The minimum Gasteiger partial charge on any atom is -0.463 e. The molecule has 0 N–H and O–H groups in total. The third kappa shape index (κ3) is 12.7. The van der Waals surface area contributed by atoms with Crippen molar-refractivity contribution in [3.63, 3.8) is 0 Å². The minimum absolute atomic E-state index is 0.0937. The molecule has 0 aromatic heterocycles. The Balaban J connectivity index is 4.24. The number of carbonyl (C=O) groups excluding carboxylic acids is 1. The summed E-state index contributed by atoms with van der Waals surface area (Å²) in [7, 11) is 0. The minimum atomic E-state index is -0.267. The summed E-state index contributed by atoms with van der Waals surface area (Å²) in [5.41, 5.74) is 2.24. The van der Waals surface area contributed by atoms with Crippen LogP contribution in [0.5, 0.6) is 0 Å². The van der Waals surface area contributed by atoms with Crippen LogP contribution in [0.15, 0.2) is 23.3 Å². The van der Waals surface area contributed by atoms with Crippen LogP contribution < -0.4 is 0 Å². The topological polar surface area (TPSA) is 26.3 Å². The molecule has 0 aliphatic rings. The summed E-state index contributed by atoms with van der Waals surface area (Å²) in [5.74, 6) is 0.368. The second kappa shape index (κ2) is 10.0. The van der Waals surface area contributed by atoms with Crippen LogP contribution in [0.4, 0.5) is 0 Å². The molecule has 2 nitrogen and oxygen atoms in total. The van der Waals surface area contributed by atoms with Gasteiger partial charge in [-0.05, 0) is 59.0 Å². The largest absolute Gasteiger partial charge is 0.463 e. The molecule has 0 saturated heterocycles. The van der Waals surface area contributed by atoms with Gasteiger partial charge in [-0.1, -0.05) is 31.4 Å². The summed E-state index contributed by atoms with van der Waals surface area (Å²) in [4.78, 5) is 11.3. The van der Waals surface area contributed by atoms with E-state index in [4.69, 9.17) is 16.3 Å². The number of rotatable bonds is 9. The maximum Gasteiger partial charge on any atom is 0.330 e. The van der Waals surface area contributed by atoms with Crippen LogP contribution >= 0.6 is 11.6 Å². The van der Waals surface area contributed by atoms with Crippen molar-refractivity contribution in [2.24, 2.45) is 5.92 Å². The molecule has 0 aromatic carbocycles. The number of hydrogen-bond donors (Lipinski definition) is 0. The summed E-state index contributed by atoms with van der Waals surface area (Å²) in [6.07, 6.45) is 8.05. The van der Waals surface area contributed by atoms with Crippen LogP contribution in [0.3, 0.4) is 0 Å². The first-order chi connectivity index (χ1) is 9.64. The van der Waals surface area contributed by atoms with E-state index in [9.17, 15) is 4.79 Å². The van der Waals surface area contributed by atoms with Crippen LogP contribution in [0.2, 0.25) is 0 Å². The molecular weight excluding hydrogens is 284 g/mol. The molecule has 0 fully saturated rings. The van der Waals surface area contributed by atoms with Crippen molar-refractivity contribution in [3.05, 3.63) is 23.3 Å². The molecule has 0 aromatic rings. The molecule has 0 spiro atoms. The van der Waals surface area contributed by atoms with Crippen LogP contribution in [0.25, 0.3) is 0 Å². The molecule has 0 heterocycles. The van der Waals surface area contributed by atoms with Gasteiger partial charge in [-0.3, -0.25) is 0 Å². The fourth-order valence-electron chi connectivity index (χ4n) is 2.38. The molecule has 0 saturated carbocycles. The van der Waals surface area contributed by atoms with Gasteiger partial charge in [0.2, 0.25) is 0 Å². The molecule has 0 aliphatic carbocycles. The second-order valence-corrected chi connectivity index (χ2v) is 7.57. The standard InChI is InChI=1S/C18H31ClO2/c1-7-21-17(20)13-16(4)12-15(3)11-14(2)9-8-10-18(5,6)19/h12-14H,7-11H2,1-6H3/b15-12+,16-13+. The molecule has 0 amide bonds. The Morgan fingerprint density at radius 1 is 1.29 bits per heavy atom. The van der Waals surface area contributed by atoms with E-state index in [2.05, 4.69) is 33.8 Å². The quantitative estimate of drug-likeness (QED) is 0.238. The molecule has 0 radical (unpaired) electrons. The zero-order chi connectivity index (χ0) is 16.5. The number of ether oxygens (including phenoxy) is 1. The maximum atomic E-state index is 11.4. The SMILES string of the molecule is CCOC(=O)/C=C(C)/C=C(\C)CC(C)CCCC(C)(C)Cl. The Morgan fingerprint density at radius 2 is 1.90 bits per heavy atom. The van der Waals surface area contributed by atoms with E-state index in [1.807, 2.05) is 13.8 Å². The first kappa shape index (κ1) is 20.2. The number of allylic oxidation sites excluding steroid dienone is 3. The molecule has 122 valence electrons. The Hall–Kier alpha value is -0.760. The Bertz CT molecular complexity index is 375. The van der Waals surface area contributed by atoms with Gasteiger partial charge in [0.15, 0.2) is 0 Å². The fraction of sp³-hybridized carbons (Fsp3) is 0.722. The van der Waals surface area contributed by atoms with E-state index < -0.39 is 0 Å². The van der Waals surface area contributed by atoms with Crippen molar-refractivity contribution in [1.29, 1.82) is 0 Å². The molecule has 0 rings (SSSR count). The Kier molecular flexibility index (Phi) is 9.68. The van der Waals surface area contributed by atoms with Gasteiger partial charge in [-0.2, -0.15) is 0 Å². The third-order valence-corrected chi connectivity index (χ3v) is 3.43. The highest BCUT2D eigenvalue weighted by Gasteiger charge is 2.13. The van der Waals surface area contributed by atoms with Gasteiger partial charge in [0.1, 0.15) is 0 Å². The number of halogens is 1. The summed E-state index contributed by atoms with van der Waals surface area (Å²) in [6.45, 7) is 12.7. The highest BCUT2D eigenvalue weighted by molar-refractivity contribution is 6.23. The fourth-order valence-corrected chi connectivity index (χ4v) is 2.52. The number of carbonyl (C=O) groups is 1. The molecule has 21 heavy (non-hydrogen) atoms. The highest BCUT2D eigenvalue weighted by Crippen LogP contribution is 2.24. The van der Waals surface area contributed by atoms with Crippen molar-refractivity contribution in [1.82, 2.24) is 0 Å². The monoisotopic (exact) mass is 314 g/mol. The molecule has 1 unspecified atom stereocenters. The lowest BCUT2D eigenvalue weighted by atomic mass is 9.93. The van der Waals surface area contributed by atoms with Crippen LogP contribution in [0.1, 0.15) is 67.2 Å². The average molecular weight is 315 g/mol. The Labute approximate surface area is 135 Å². The van der Waals surface area contributed by atoms with Crippen LogP contribution in [-0.4, -0.2) is 17.5 Å². The smallest absolute Gasteiger partial charge is 0.330 e. The summed E-state index contributed by atoms with van der Waals surface area (Å²) in [6, 6.07) is 0. The zero-order valence-corrected chi connectivity index (χ0v) is 15.2. The lowest BCUT2D eigenvalue weighted by Crippen LogP contribution is -2.10. The molecule has 1 atom stereocenters. The van der Waals surface area contributed by atoms with Gasteiger partial charge in [0.25, 0.3) is 0 Å². The van der Waals surface area contributed by atoms with Gasteiger partial charge in [0.05, 0.1) is 6.61 Å². The van der Waals surface area contributed by atoms with Crippen molar-refractivity contribution in [2.45, 2.75) is 72.1 Å². The predicted octanol–water partition coefficient (Wildman–Crippen LogP) is 5.66. The summed E-state index contributed by atoms with van der Waals surface area (Å²) >= 11 is 6.20. The van der Waals surface area contributed by atoms with E-state index in [1.165, 1.54) is 12.0 Å². The third-order valence-electron chi connectivity index (χ3n) is 3.24. The van der Waals surface area contributed by atoms with E-state index >= 15 is 0 Å². The number of alkyl halides is 1. The van der Waals surface area contributed by atoms with Gasteiger partial charge in [-0.15, -0.1) is 11.6 Å².